The summed E-state index contributed by atoms with van der Waals surface area (Å²) in [6.45, 7) is 25.2. The van der Waals surface area contributed by atoms with E-state index in [1.54, 1.807) is 0 Å². The molecule has 0 amide bonds. The van der Waals surface area contributed by atoms with Crippen molar-refractivity contribution in [3.63, 3.8) is 0 Å². The minimum Gasteiger partial charge on any atom is -0.408 e. The van der Waals surface area contributed by atoms with Crippen molar-refractivity contribution in [1.82, 2.24) is 0 Å². The zero-order valence-corrected chi connectivity index (χ0v) is 27.8. The summed E-state index contributed by atoms with van der Waals surface area (Å²) in [5, 5.41) is 12.1. The molecule has 0 spiro atoms. The Morgan fingerprint density at radius 2 is 1.71 bits per heavy atom. The van der Waals surface area contributed by atoms with E-state index >= 15 is 0 Å². The molecule has 1 aliphatic carbocycles. The summed E-state index contributed by atoms with van der Waals surface area (Å²) < 4.78 is 25.2. The molecular formula is C31H52O5Si2. The molecule has 2 aliphatic rings. The Balaban J connectivity index is 2.40. The molecule has 0 bridgehead atoms. The fourth-order valence-corrected chi connectivity index (χ4v) is 6.48. The Kier molecular flexibility index (Phi) is 10.9. The van der Waals surface area contributed by atoms with Crippen LogP contribution >= 0.6 is 0 Å². The molecule has 4 atom stereocenters. The van der Waals surface area contributed by atoms with E-state index in [0.29, 0.717) is 12.2 Å². The van der Waals surface area contributed by atoms with Gasteiger partial charge in [0.1, 0.15) is 11.7 Å². The van der Waals surface area contributed by atoms with Gasteiger partial charge in [0.05, 0.1) is 12.7 Å². The van der Waals surface area contributed by atoms with E-state index in [1.165, 1.54) is 0 Å². The van der Waals surface area contributed by atoms with Crippen LogP contribution in [-0.4, -0.2) is 59.1 Å². The highest BCUT2D eigenvalue weighted by Gasteiger charge is 2.55. The van der Waals surface area contributed by atoms with Crippen molar-refractivity contribution in [3.8, 4) is 24.2 Å². The number of hydrogen-bond acceptors (Lipinski definition) is 5. The monoisotopic (exact) mass is 560 g/mol. The number of terminal acetylenes is 1. The smallest absolute Gasteiger partial charge is 0.193 e. The van der Waals surface area contributed by atoms with Gasteiger partial charge in [-0.05, 0) is 80.2 Å². The normalized spacial score (nSPS) is 27.4. The van der Waals surface area contributed by atoms with Crippen molar-refractivity contribution in [2.45, 2.75) is 135 Å². The number of rotatable bonds is 8. The Labute approximate surface area is 235 Å². The van der Waals surface area contributed by atoms with Crippen LogP contribution in [0.1, 0.15) is 74.1 Å². The molecule has 1 saturated heterocycles. The van der Waals surface area contributed by atoms with Crippen molar-refractivity contribution in [3.05, 3.63) is 23.3 Å². The quantitative estimate of drug-likeness (QED) is 0.257. The van der Waals surface area contributed by atoms with Gasteiger partial charge in [-0.25, -0.2) is 0 Å². The molecule has 214 valence electrons. The predicted octanol–water partition coefficient (Wildman–Crippen LogP) is 6.95. The predicted molar refractivity (Wildman–Crippen MR) is 162 cm³/mol. The van der Waals surface area contributed by atoms with Gasteiger partial charge in [0, 0.05) is 18.6 Å². The molecule has 2 rings (SSSR count). The molecule has 38 heavy (non-hydrogen) atoms. The van der Waals surface area contributed by atoms with Gasteiger partial charge in [-0.3, -0.25) is 0 Å². The highest BCUT2D eigenvalue weighted by atomic mass is 28.4. The van der Waals surface area contributed by atoms with Crippen molar-refractivity contribution < 1.29 is 23.4 Å². The van der Waals surface area contributed by atoms with Gasteiger partial charge in [-0.1, -0.05) is 53.4 Å². The zero-order chi connectivity index (χ0) is 29.0. The van der Waals surface area contributed by atoms with Crippen LogP contribution in [0.25, 0.3) is 0 Å². The Morgan fingerprint density at radius 1 is 1.11 bits per heavy atom. The minimum absolute atomic E-state index is 0.00238. The summed E-state index contributed by atoms with van der Waals surface area (Å²) in [7, 11) is -4.46. The maximum Gasteiger partial charge on any atom is 0.193 e. The minimum atomic E-state index is -2.27. The van der Waals surface area contributed by atoms with E-state index in [1.807, 2.05) is 19.1 Å². The van der Waals surface area contributed by atoms with Gasteiger partial charge in [-0.15, -0.1) is 12.3 Å². The van der Waals surface area contributed by atoms with Gasteiger partial charge in [0.25, 0.3) is 0 Å². The van der Waals surface area contributed by atoms with Gasteiger partial charge in [0.15, 0.2) is 22.9 Å². The first-order chi connectivity index (χ1) is 17.3. The molecule has 5 nitrogen and oxygen atoms in total. The summed E-state index contributed by atoms with van der Waals surface area (Å²) in [6, 6.07) is 0. The molecule has 1 heterocycles. The lowest BCUT2D eigenvalue weighted by atomic mass is 9.89. The molecule has 1 aliphatic heterocycles. The average Bonchev–Trinajstić information content (AvgIpc) is 3.01. The van der Waals surface area contributed by atoms with Crippen LogP contribution in [0.15, 0.2) is 23.3 Å². The van der Waals surface area contributed by atoms with Crippen molar-refractivity contribution in [2.75, 3.05) is 13.2 Å². The van der Waals surface area contributed by atoms with Gasteiger partial charge >= 0.3 is 0 Å². The van der Waals surface area contributed by atoms with Gasteiger partial charge in [0.2, 0.25) is 0 Å². The Morgan fingerprint density at radius 3 is 2.24 bits per heavy atom. The lowest BCUT2D eigenvalue weighted by Crippen LogP contribution is -2.57. The van der Waals surface area contributed by atoms with E-state index in [-0.39, 0.29) is 22.8 Å². The molecule has 0 saturated carbocycles. The summed E-state index contributed by atoms with van der Waals surface area (Å²) in [5.74, 6) is 9.13. The topological polar surface area (TPSA) is 57.2 Å². The first-order valence-electron chi connectivity index (χ1n) is 14.0. The maximum absolute atomic E-state index is 12.1. The summed E-state index contributed by atoms with van der Waals surface area (Å²) in [5.41, 5.74) is 0.0179. The van der Waals surface area contributed by atoms with E-state index in [0.717, 1.165) is 31.4 Å². The first kappa shape index (κ1) is 33.0. The second kappa shape index (κ2) is 12.6. The van der Waals surface area contributed by atoms with Crippen LogP contribution < -0.4 is 0 Å². The van der Waals surface area contributed by atoms with Crippen LogP contribution in [0.4, 0.5) is 0 Å². The lowest BCUT2D eigenvalue weighted by Gasteiger charge is -2.46. The molecule has 1 N–H and O–H groups in total. The second-order valence-electron chi connectivity index (χ2n) is 13.8. The highest BCUT2D eigenvalue weighted by molar-refractivity contribution is 6.74. The van der Waals surface area contributed by atoms with Crippen LogP contribution in [0.5, 0.6) is 0 Å². The molecular weight excluding hydrogens is 509 g/mol. The largest absolute Gasteiger partial charge is 0.408 e. The molecule has 0 aromatic carbocycles. The van der Waals surface area contributed by atoms with E-state index in [4.69, 9.17) is 24.7 Å². The number of ether oxygens (including phenoxy) is 2. The Hall–Kier alpha value is -1.17. The summed E-state index contributed by atoms with van der Waals surface area (Å²) in [4.78, 5) is 0. The zero-order valence-electron chi connectivity index (χ0n) is 25.8. The fraction of sp³-hybridized carbons (Fsp3) is 0.742. The maximum atomic E-state index is 12.1. The van der Waals surface area contributed by atoms with E-state index in [9.17, 15) is 5.11 Å². The van der Waals surface area contributed by atoms with Gasteiger partial charge < -0.3 is 23.4 Å². The summed E-state index contributed by atoms with van der Waals surface area (Å²) >= 11 is 0. The molecule has 0 radical (unpaired) electrons. The number of allylic oxidation sites excluding steroid dienone is 1. The van der Waals surface area contributed by atoms with Crippen molar-refractivity contribution in [2.24, 2.45) is 0 Å². The molecule has 0 aromatic heterocycles. The van der Waals surface area contributed by atoms with Gasteiger partial charge in [-0.2, -0.15) is 0 Å². The van der Waals surface area contributed by atoms with Crippen molar-refractivity contribution >= 4 is 16.6 Å². The average molecular weight is 561 g/mol. The van der Waals surface area contributed by atoms with Crippen LogP contribution in [-0.2, 0) is 18.3 Å². The van der Waals surface area contributed by atoms with E-state index < -0.39 is 34.4 Å². The van der Waals surface area contributed by atoms with Crippen LogP contribution in [0.3, 0.4) is 0 Å². The van der Waals surface area contributed by atoms with Crippen LogP contribution in [0, 0.1) is 24.2 Å². The standard InChI is InChI=1S/C31H52O5Si2/c1-13-20-31(32)25(18-17-24(2)19-22-34-27-16-14-15-21-33-27)23-26(35-37(9,10)29(3,4)5)28(31)36-38(11,12)30(6,7)8/h1,19,23,26-28,32H,14-16,20-22H2,2-12H3/b24-19-/t26-,27?,28+,31?/m1/s1. The van der Waals surface area contributed by atoms with Crippen molar-refractivity contribution in [1.29, 1.82) is 0 Å². The second-order valence-corrected chi connectivity index (χ2v) is 23.3. The molecule has 2 unspecified atom stereocenters. The SMILES string of the molecule is C#CCC1(O)C(C#C/C(C)=C\COC2CCCCO2)=C[C@@H](O[Si](C)(C)C(C)(C)C)[C@@H]1O[Si](C)(C)C(C)(C)C. The highest BCUT2D eigenvalue weighted by Crippen LogP contribution is 2.46. The molecule has 0 aromatic rings. The summed E-state index contributed by atoms with van der Waals surface area (Å²) in [6.07, 6.45) is 11.8. The third-order valence-electron chi connectivity index (χ3n) is 8.61. The lowest BCUT2D eigenvalue weighted by molar-refractivity contribution is -0.155. The third kappa shape index (κ3) is 8.18. The fourth-order valence-electron chi connectivity index (χ4n) is 3.93. The third-order valence-corrected chi connectivity index (χ3v) is 17.5. The Bertz CT molecular complexity index is 975. The molecule has 7 heteroatoms. The van der Waals surface area contributed by atoms with Crippen LogP contribution in [0.2, 0.25) is 36.3 Å². The first-order valence-corrected chi connectivity index (χ1v) is 19.8. The molecule has 1 fully saturated rings. The number of aliphatic hydroxyl groups is 1. The van der Waals surface area contributed by atoms with E-state index in [2.05, 4.69) is 85.5 Å². The number of hydrogen-bond donors (Lipinski definition) is 1.